The molecule has 1 aliphatic heterocycles. The first kappa shape index (κ1) is 9.75. The standard InChI is InChI=1S/C11H13NOSe/c1-9-3-5-10(6-4-9)12-11-13-7-2-8-14-11/h3-6H,2,7-8H2,1H3. The monoisotopic (exact) mass is 255 g/mol. The molecule has 1 heterocycles. The van der Waals surface area contributed by atoms with Crippen LogP contribution in [0.4, 0.5) is 5.69 Å². The fourth-order valence-electron chi connectivity index (χ4n) is 1.21. The Balaban J connectivity index is 2.11. The zero-order valence-corrected chi connectivity index (χ0v) is 9.91. The van der Waals surface area contributed by atoms with Crippen LogP contribution >= 0.6 is 0 Å². The summed E-state index contributed by atoms with van der Waals surface area (Å²) in [5.41, 5.74) is 2.28. The van der Waals surface area contributed by atoms with Crippen LogP contribution in [0.2, 0.25) is 5.32 Å². The molecular weight excluding hydrogens is 241 g/mol. The van der Waals surface area contributed by atoms with Crippen LogP contribution in [0.3, 0.4) is 0 Å². The number of hydrogen-bond donors (Lipinski definition) is 0. The van der Waals surface area contributed by atoms with Gasteiger partial charge in [-0.1, -0.05) is 0 Å². The fourth-order valence-corrected chi connectivity index (χ4v) is 2.83. The van der Waals surface area contributed by atoms with Crippen molar-refractivity contribution in [2.24, 2.45) is 4.99 Å². The molecule has 1 aromatic carbocycles. The Morgan fingerprint density at radius 3 is 2.71 bits per heavy atom. The van der Waals surface area contributed by atoms with E-state index in [4.69, 9.17) is 4.74 Å². The van der Waals surface area contributed by atoms with E-state index in [1.54, 1.807) is 0 Å². The van der Waals surface area contributed by atoms with Crippen molar-refractivity contribution in [2.75, 3.05) is 6.61 Å². The van der Waals surface area contributed by atoms with Gasteiger partial charge in [0.05, 0.1) is 0 Å². The summed E-state index contributed by atoms with van der Waals surface area (Å²) in [4.78, 5) is 5.43. The van der Waals surface area contributed by atoms with Gasteiger partial charge in [-0.3, -0.25) is 0 Å². The summed E-state index contributed by atoms with van der Waals surface area (Å²) in [7, 11) is 0. The molecule has 14 heavy (non-hydrogen) atoms. The third-order valence-electron chi connectivity index (χ3n) is 1.99. The average Bonchev–Trinajstić information content (AvgIpc) is 2.23. The van der Waals surface area contributed by atoms with E-state index < -0.39 is 0 Å². The summed E-state index contributed by atoms with van der Waals surface area (Å²) < 4.78 is 5.49. The average molecular weight is 254 g/mol. The molecule has 0 bridgehead atoms. The Labute approximate surface area is 90.5 Å². The molecule has 0 aromatic heterocycles. The summed E-state index contributed by atoms with van der Waals surface area (Å²) in [5.74, 6) is 0. The van der Waals surface area contributed by atoms with Crippen molar-refractivity contribution in [3.63, 3.8) is 0 Å². The summed E-state index contributed by atoms with van der Waals surface area (Å²) in [6, 6.07) is 8.23. The zero-order chi connectivity index (χ0) is 9.80. The minimum atomic E-state index is 0.448. The number of hydrogen-bond acceptors (Lipinski definition) is 2. The molecule has 74 valence electrons. The molecule has 1 aromatic rings. The second kappa shape index (κ2) is 4.63. The molecule has 0 spiro atoms. The van der Waals surface area contributed by atoms with Gasteiger partial charge in [0.2, 0.25) is 0 Å². The quantitative estimate of drug-likeness (QED) is 0.706. The summed E-state index contributed by atoms with van der Waals surface area (Å²) >= 11 is 0.448. The minimum absolute atomic E-state index is 0.448. The van der Waals surface area contributed by atoms with Gasteiger partial charge in [-0.15, -0.1) is 0 Å². The van der Waals surface area contributed by atoms with Crippen LogP contribution in [0.25, 0.3) is 0 Å². The van der Waals surface area contributed by atoms with Gasteiger partial charge >= 0.3 is 90.3 Å². The van der Waals surface area contributed by atoms with Gasteiger partial charge in [0, 0.05) is 0 Å². The van der Waals surface area contributed by atoms with E-state index in [2.05, 4.69) is 24.0 Å². The van der Waals surface area contributed by atoms with E-state index in [0.29, 0.717) is 15.0 Å². The Bertz CT molecular complexity index is 324. The van der Waals surface area contributed by atoms with Crippen LogP contribution in [0.15, 0.2) is 29.3 Å². The first-order valence-corrected chi connectivity index (χ1v) is 6.82. The predicted molar refractivity (Wildman–Crippen MR) is 59.4 cm³/mol. The van der Waals surface area contributed by atoms with Gasteiger partial charge in [0.1, 0.15) is 0 Å². The van der Waals surface area contributed by atoms with Crippen LogP contribution < -0.4 is 0 Å². The van der Waals surface area contributed by atoms with Crippen molar-refractivity contribution >= 4 is 25.4 Å². The first-order valence-electron chi connectivity index (χ1n) is 4.75. The van der Waals surface area contributed by atoms with Gasteiger partial charge in [0.15, 0.2) is 0 Å². The van der Waals surface area contributed by atoms with E-state index in [1.165, 1.54) is 17.3 Å². The van der Waals surface area contributed by atoms with Crippen molar-refractivity contribution in [1.29, 1.82) is 0 Å². The van der Waals surface area contributed by atoms with Crippen LogP contribution in [-0.2, 0) is 4.74 Å². The van der Waals surface area contributed by atoms with E-state index >= 15 is 0 Å². The maximum absolute atomic E-state index is 5.49. The van der Waals surface area contributed by atoms with Crippen molar-refractivity contribution < 1.29 is 4.74 Å². The Kier molecular flexibility index (Phi) is 3.22. The molecular formula is C11H13NOSe. The molecule has 0 radical (unpaired) electrons. The molecule has 0 unspecified atom stereocenters. The van der Waals surface area contributed by atoms with Gasteiger partial charge in [-0.05, 0) is 0 Å². The molecule has 1 aliphatic rings. The molecule has 1 saturated heterocycles. The van der Waals surface area contributed by atoms with E-state index in [1.807, 2.05) is 12.1 Å². The fraction of sp³-hybridized carbons (Fsp3) is 0.364. The summed E-state index contributed by atoms with van der Waals surface area (Å²) in [5, 5.41) is 1.26. The molecule has 3 heteroatoms. The number of nitrogens with zero attached hydrogens (tertiary/aromatic N) is 1. The van der Waals surface area contributed by atoms with Crippen LogP contribution in [-0.4, -0.2) is 26.4 Å². The molecule has 0 saturated carbocycles. The number of aliphatic imine (C=N–C) groups is 1. The van der Waals surface area contributed by atoms with Crippen LogP contribution in [0.5, 0.6) is 0 Å². The van der Waals surface area contributed by atoms with Gasteiger partial charge in [0.25, 0.3) is 0 Å². The third-order valence-corrected chi connectivity index (χ3v) is 3.98. The van der Waals surface area contributed by atoms with Gasteiger partial charge in [-0.25, -0.2) is 0 Å². The number of ether oxygens (including phenoxy) is 1. The second-order valence-corrected chi connectivity index (χ2v) is 5.46. The summed E-state index contributed by atoms with van der Waals surface area (Å²) in [6.45, 7) is 2.92. The van der Waals surface area contributed by atoms with Gasteiger partial charge < -0.3 is 0 Å². The topological polar surface area (TPSA) is 21.6 Å². The third kappa shape index (κ3) is 2.60. The Hall–Kier alpha value is -0.791. The maximum atomic E-state index is 5.49. The van der Waals surface area contributed by atoms with Crippen LogP contribution in [0.1, 0.15) is 12.0 Å². The normalized spacial score (nSPS) is 19.4. The molecule has 2 nitrogen and oxygen atoms in total. The molecule has 2 rings (SSSR count). The second-order valence-electron chi connectivity index (χ2n) is 3.26. The van der Waals surface area contributed by atoms with E-state index in [-0.39, 0.29) is 0 Å². The van der Waals surface area contributed by atoms with E-state index in [9.17, 15) is 0 Å². The molecule has 0 aliphatic carbocycles. The predicted octanol–water partition coefficient (Wildman–Crippen LogP) is 2.53. The van der Waals surface area contributed by atoms with Gasteiger partial charge in [-0.2, -0.15) is 0 Å². The van der Waals surface area contributed by atoms with Crippen molar-refractivity contribution in [2.45, 2.75) is 18.7 Å². The SMILES string of the molecule is Cc1ccc(N=C2OCCC[Se]2)cc1. The van der Waals surface area contributed by atoms with Crippen molar-refractivity contribution in [1.82, 2.24) is 0 Å². The van der Waals surface area contributed by atoms with Crippen molar-refractivity contribution in [3.8, 4) is 0 Å². The summed E-state index contributed by atoms with van der Waals surface area (Å²) in [6.07, 6.45) is 1.19. The zero-order valence-electron chi connectivity index (χ0n) is 8.19. The number of rotatable bonds is 1. The van der Waals surface area contributed by atoms with Crippen molar-refractivity contribution in [3.05, 3.63) is 29.8 Å². The molecule has 0 atom stereocenters. The first-order chi connectivity index (χ1) is 6.84. The Morgan fingerprint density at radius 2 is 2.07 bits per heavy atom. The molecule has 0 amide bonds. The molecule has 1 fully saturated rings. The Morgan fingerprint density at radius 1 is 1.29 bits per heavy atom. The number of benzene rings is 1. The molecule has 0 N–H and O–H groups in total. The van der Waals surface area contributed by atoms with Crippen LogP contribution in [0, 0.1) is 6.92 Å². The number of aryl methyl sites for hydroxylation is 1. The van der Waals surface area contributed by atoms with E-state index in [0.717, 1.165) is 17.1 Å².